The molecule has 78 valence electrons. The predicted octanol–water partition coefficient (Wildman–Crippen LogP) is 2.93. The molecule has 1 aromatic rings. The van der Waals surface area contributed by atoms with Crippen molar-refractivity contribution in [1.29, 1.82) is 0 Å². The lowest BCUT2D eigenvalue weighted by Crippen LogP contribution is -2.21. The number of para-hydroxylation sites is 1. The number of hydrogen-bond acceptors (Lipinski definition) is 2. The minimum absolute atomic E-state index is 0.183. The van der Waals surface area contributed by atoms with E-state index in [2.05, 4.69) is 18.8 Å². The van der Waals surface area contributed by atoms with E-state index in [1.54, 1.807) is 0 Å². The van der Waals surface area contributed by atoms with E-state index in [9.17, 15) is 4.79 Å². The Bertz CT molecular complexity index is 418. The minimum atomic E-state index is 0.183. The summed E-state index contributed by atoms with van der Waals surface area (Å²) in [6.07, 6.45) is 1.30. The topological polar surface area (TPSA) is 29.4 Å². The van der Waals surface area contributed by atoms with Gasteiger partial charge < -0.3 is 0 Å². The Labute approximate surface area is 90.0 Å². The molecular formula is C13H15NO. The van der Waals surface area contributed by atoms with Gasteiger partial charge in [0.2, 0.25) is 0 Å². The molecule has 0 aliphatic carbocycles. The number of rotatable bonds is 2. The van der Waals surface area contributed by atoms with Crippen molar-refractivity contribution in [3.05, 3.63) is 29.8 Å². The smallest absolute Gasteiger partial charge is 0.181 e. The number of ketones is 1. The first-order chi connectivity index (χ1) is 7.16. The van der Waals surface area contributed by atoms with Crippen LogP contribution < -0.4 is 0 Å². The number of aliphatic imine (C=N–C) groups is 1. The Kier molecular flexibility index (Phi) is 2.67. The van der Waals surface area contributed by atoms with Crippen molar-refractivity contribution in [3.63, 3.8) is 0 Å². The zero-order chi connectivity index (χ0) is 10.8. The second kappa shape index (κ2) is 3.97. The third-order valence-corrected chi connectivity index (χ3v) is 2.52. The SMILES string of the molecule is CC(C)CC1=Nc2ccccc2CC1=O. The van der Waals surface area contributed by atoms with Gasteiger partial charge in [-0.3, -0.25) is 4.79 Å². The van der Waals surface area contributed by atoms with Crippen LogP contribution in [-0.4, -0.2) is 11.5 Å². The fourth-order valence-corrected chi connectivity index (χ4v) is 1.80. The molecular weight excluding hydrogens is 186 g/mol. The average molecular weight is 201 g/mol. The first-order valence-electron chi connectivity index (χ1n) is 5.35. The summed E-state index contributed by atoms with van der Waals surface area (Å²) in [7, 11) is 0. The van der Waals surface area contributed by atoms with E-state index < -0.39 is 0 Å². The highest BCUT2D eigenvalue weighted by atomic mass is 16.1. The number of carbonyl (C=O) groups is 1. The summed E-state index contributed by atoms with van der Waals surface area (Å²) >= 11 is 0. The second-order valence-corrected chi connectivity index (χ2v) is 4.39. The Morgan fingerprint density at radius 1 is 1.33 bits per heavy atom. The Morgan fingerprint density at radius 3 is 2.80 bits per heavy atom. The third-order valence-electron chi connectivity index (χ3n) is 2.52. The summed E-state index contributed by atoms with van der Waals surface area (Å²) in [4.78, 5) is 16.2. The van der Waals surface area contributed by atoms with Crippen molar-refractivity contribution in [2.75, 3.05) is 0 Å². The molecule has 0 unspecified atom stereocenters. The lowest BCUT2D eigenvalue weighted by Gasteiger charge is -2.15. The average Bonchev–Trinajstić information content (AvgIpc) is 2.18. The molecule has 0 atom stereocenters. The molecule has 2 heteroatoms. The number of hydrogen-bond donors (Lipinski definition) is 0. The molecule has 0 amide bonds. The summed E-state index contributed by atoms with van der Waals surface area (Å²) in [5.41, 5.74) is 2.76. The van der Waals surface area contributed by atoms with Crippen molar-refractivity contribution in [2.24, 2.45) is 10.9 Å². The molecule has 1 aromatic carbocycles. The van der Waals surface area contributed by atoms with Gasteiger partial charge >= 0.3 is 0 Å². The van der Waals surface area contributed by atoms with Crippen molar-refractivity contribution < 1.29 is 4.79 Å². The number of fused-ring (bicyclic) bond motifs is 1. The van der Waals surface area contributed by atoms with E-state index in [0.717, 1.165) is 23.4 Å². The molecule has 0 saturated heterocycles. The van der Waals surface area contributed by atoms with Gasteiger partial charge in [-0.1, -0.05) is 32.0 Å². The molecule has 2 rings (SSSR count). The van der Waals surface area contributed by atoms with E-state index in [1.165, 1.54) is 0 Å². The van der Waals surface area contributed by atoms with Gasteiger partial charge in [0.15, 0.2) is 5.78 Å². The fourth-order valence-electron chi connectivity index (χ4n) is 1.80. The molecule has 0 saturated carbocycles. The largest absolute Gasteiger partial charge is 0.292 e. The maximum absolute atomic E-state index is 11.8. The van der Waals surface area contributed by atoms with Gasteiger partial charge in [-0.15, -0.1) is 0 Å². The third kappa shape index (κ3) is 2.14. The van der Waals surface area contributed by atoms with Crippen LogP contribution in [0.15, 0.2) is 29.3 Å². The molecule has 0 aromatic heterocycles. The lowest BCUT2D eigenvalue weighted by molar-refractivity contribution is -0.112. The summed E-state index contributed by atoms with van der Waals surface area (Å²) in [6, 6.07) is 7.87. The molecule has 1 heterocycles. The minimum Gasteiger partial charge on any atom is -0.292 e. The first kappa shape index (κ1) is 10.1. The molecule has 0 bridgehead atoms. The summed E-state index contributed by atoms with van der Waals surface area (Å²) in [5, 5.41) is 0. The van der Waals surface area contributed by atoms with Gasteiger partial charge in [0.1, 0.15) is 0 Å². The van der Waals surface area contributed by atoms with Crippen molar-refractivity contribution >= 4 is 17.2 Å². The molecule has 2 nitrogen and oxygen atoms in total. The van der Waals surface area contributed by atoms with Crippen LogP contribution in [0.2, 0.25) is 0 Å². The van der Waals surface area contributed by atoms with Gasteiger partial charge in [0.05, 0.1) is 11.4 Å². The van der Waals surface area contributed by atoms with Gasteiger partial charge in [0.25, 0.3) is 0 Å². The van der Waals surface area contributed by atoms with Crippen LogP contribution >= 0.6 is 0 Å². The maximum Gasteiger partial charge on any atom is 0.181 e. The Hall–Kier alpha value is -1.44. The van der Waals surface area contributed by atoms with Crippen LogP contribution in [0.1, 0.15) is 25.8 Å². The number of nitrogens with zero attached hydrogens (tertiary/aromatic N) is 1. The zero-order valence-corrected chi connectivity index (χ0v) is 9.16. The van der Waals surface area contributed by atoms with Crippen LogP contribution in [0.4, 0.5) is 5.69 Å². The van der Waals surface area contributed by atoms with Gasteiger partial charge in [-0.25, -0.2) is 4.99 Å². The number of benzene rings is 1. The lowest BCUT2D eigenvalue weighted by atomic mass is 9.95. The highest BCUT2D eigenvalue weighted by Crippen LogP contribution is 2.25. The molecule has 0 fully saturated rings. The highest BCUT2D eigenvalue weighted by Gasteiger charge is 2.20. The Morgan fingerprint density at radius 2 is 2.07 bits per heavy atom. The Balaban J connectivity index is 2.34. The standard InChI is InChI=1S/C13H15NO/c1-9(2)7-12-13(15)8-10-5-3-4-6-11(10)14-12/h3-6,9H,7-8H2,1-2H3. The monoisotopic (exact) mass is 201 g/mol. The fraction of sp³-hybridized carbons (Fsp3) is 0.385. The second-order valence-electron chi connectivity index (χ2n) is 4.39. The predicted molar refractivity (Wildman–Crippen MR) is 61.7 cm³/mol. The molecule has 0 radical (unpaired) electrons. The zero-order valence-electron chi connectivity index (χ0n) is 9.16. The molecule has 15 heavy (non-hydrogen) atoms. The van der Waals surface area contributed by atoms with E-state index in [0.29, 0.717) is 12.3 Å². The summed E-state index contributed by atoms with van der Waals surface area (Å²) < 4.78 is 0. The molecule has 0 N–H and O–H groups in total. The van der Waals surface area contributed by atoms with Crippen LogP contribution in [-0.2, 0) is 11.2 Å². The molecule has 1 aliphatic rings. The van der Waals surface area contributed by atoms with Crippen molar-refractivity contribution in [3.8, 4) is 0 Å². The molecule has 0 spiro atoms. The van der Waals surface area contributed by atoms with Gasteiger partial charge in [0, 0.05) is 6.42 Å². The number of carbonyl (C=O) groups excluding carboxylic acids is 1. The van der Waals surface area contributed by atoms with Gasteiger partial charge in [-0.05, 0) is 24.0 Å². The normalized spacial score (nSPS) is 15.1. The maximum atomic E-state index is 11.8. The van der Waals surface area contributed by atoms with E-state index in [4.69, 9.17) is 0 Å². The van der Waals surface area contributed by atoms with Crippen LogP contribution in [0, 0.1) is 5.92 Å². The molecule has 1 aliphatic heterocycles. The van der Waals surface area contributed by atoms with Crippen LogP contribution in [0.3, 0.4) is 0 Å². The van der Waals surface area contributed by atoms with Crippen LogP contribution in [0.5, 0.6) is 0 Å². The summed E-state index contributed by atoms with van der Waals surface area (Å²) in [6.45, 7) is 4.21. The quantitative estimate of drug-likeness (QED) is 0.723. The first-order valence-corrected chi connectivity index (χ1v) is 5.35. The van der Waals surface area contributed by atoms with Crippen molar-refractivity contribution in [1.82, 2.24) is 0 Å². The van der Waals surface area contributed by atoms with E-state index >= 15 is 0 Å². The van der Waals surface area contributed by atoms with E-state index in [1.807, 2.05) is 24.3 Å². The van der Waals surface area contributed by atoms with Crippen LogP contribution in [0.25, 0.3) is 0 Å². The van der Waals surface area contributed by atoms with Crippen molar-refractivity contribution in [2.45, 2.75) is 26.7 Å². The highest BCUT2D eigenvalue weighted by molar-refractivity contribution is 6.41. The summed E-state index contributed by atoms with van der Waals surface area (Å²) in [5.74, 6) is 0.667. The number of Topliss-reactive ketones (excluding diaryl/α,β-unsaturated/α-hetero) is 1. The van der Waals surface area contributed by atoms with Gasteiger partial charge in [-0.2, -0.15) is 0 Å². The van der Waals surface area contributed by atoms with E-state index in [-0.39, 0.29) is 5.78 Å².